The number of hydrogen-bond donors (Lipinski definition) is 1. The number of nitriles is 1. The van der Waals surface area contributed by atoms with Gasteiger partial charge >= 0.3 is 12.2 Å². The number of rotatable bonds is 9. The first-order chi connectivity index (χ1) is 19.1. The van der Waals surface area contributed by atoms with E-state index in [1.165, 1.54) is 28.0 Å². The summed E-state index contributed by atoms with van der Waals surface area (Å²) in [5.74, 6) is -1.63. The van der Waals surface area contributed by atoms with Gasteiger partial charge in [-0.15, -0.1) is 0 Å². The van der Waals surface area contributed by atoms with Gasteiger partial charge in [-0.25, -0.2) is 14.7 Å². The number of anilines is 2. The number of hydrogen-bond acceptors (Lipinski definition) is 5. The number of nitrogens with one attached hydrogen (secondary N) is 1. The molecule has 2 aromatic rings. The first-order valence-corrected chi connectivity index (χ1v) is 13.3. The van der Waals surface area contributed by atoms with Crippen molar-refractivity contribution in [3.05, 3.63) is 58.9 Å². The standard InChI is InChI=1S/C28H31F4N5O3/c1-3-35(4-2)13-14-40-34-26(38)21-12-11-20(16-23(21)29)37-25-8-6-5-7-24(25)36(27(37)39)19-10-9-18(17-33)22(15-19)28(30,31)32/h9-12,15-16,24-25H,3-8,13-14H2,1-2H3,(H,34,38)/t24-,25-/m0/s1. The van der Waals surface area contributed by atoms with Crippen LogP contribution in [0.3, 0.4) is 0 Å². The Morgan fingerprint density at radius 2 is 1.68 bits per heavy atom. The van der Waals surface area contributed by atoms with Crippen molar-refractivity contribution in [2.75, 3.05) is 36.0 Å². The minimum absolute atomic E-state index is 0.0223. The Morgan fingerprint density at radius 1 is 1.07 bits per heavy atom. The van der Waals surface area contributed by atoms with Crippen LogP contribution >= 0.6 is 0 Å². The van der Waals surface area contributed by atoms with Crippen molar-refractivity contribution in [2.45, 2.75) is 57.8 Å². The van der Waals surface area contributed by atoms with Crippen molar-refractivity contribution in [3.8, 4) is 6.07 Å². The maximum atomic E-state index is 15.1. The Kier molecular flexibility index (Phi) is 8.95. The normalized spacial score (nSPS) is 19.1. The third-order valence-electron chi connectivity index (χ3n) is 7.52. The smallest absolute Gasteiger partial charge is 0.301 e. The van der Waals surface area contributed by atoms with E-state index in [2.05, 4.69) is 10.4 Å². The van der Waals surface area contributed by atoms with Crippen LogP contribution in [0.5, 0.6) is 0 Å². The summed E-state index contributed by atoms with van der Waals surface area (Å²) in [6.45, 7) is 6.47. The van der Waals surface area contributed by atoms with Crippen LogP contribution in [0, 0.1) is 17.1 Å². The molecule has 0 bridgehead atoms. The molecule has 2 aromatic carbocycles. The molecule has 0 spiro atoms. The number of alkyl halides is 3. The van der Waals surface area contributed by atoms with E-state index in [1.807, 2.05) is 13.8 Å². The Balaban J connectivity index is 1.57. The summed E-state index contributed by atoms with van der Waals surface area (Å²) >= 11 is 0. The number of carbonyl (C=O) groups is 2. The second-order valence-electron chi connectivity index (χ2n) is 9.75. The summed E-state index contributed by atoms with van der Waals surface area (Å²) in [7, 11) is 0. The molecule has 2 atom stereocenters. The third-order valence-corrected chi connectivity index (χ3v) is 7.52. The predicted octanol–water partition coefficient (Wildman–Crippen LogP) is 5.48. The average Bonchev–Trinajstić information content (AvgIpc) is 3.23. The van der Waals surface area contributed by atoms with Crippen LogP contribution in [-0.4, -0.2) is 55.2 Å². The van der Waals surface area contributed by atoms with Crippen molar-refractivity contribution in [2.24, 2.45) is 0 Å². The lowest BCUT2D eigenvalue weighted by Gasteiger charge is -2.32. The number of hydroxylamine groups is 1. The van der Waals surface area contributed by atoms with E-state index in [9.17, 15) is 22.8 Å². The second-order valence-corrected chi connectivity index (χ2v) is 9.75. The van der Waals surface area contributed by atoms with Crippen molar-refractivity contribution >= 4 is 23.3 Å². The summed E-state index contributed by atoms with van der Waals surface area (Å²) in [4.78, 5) is 36.1. The fourth-order valence-corrected chi connectivity index (χ4v) is 5.44. The Morgan fingerprint density at radius 3 is 2.23 bits per heavy atom. The molecule has 1 saturated carbocycles. The zero-order chi connectivity index (χ0) is 29.0. The number of nitrogens with zero attached hydrogens (tertiary/aromatic N) is 4. The van der Waals surface area contributed by atoms with Crippen LogP contribution in [0.15, 0.2) is 36.4 Å². The lowest BCUT2D eigenvalue weighted by molar-refractivity contribution is -0.137. The molecule has 2 aliphatic rings. The molecule has 1 saturated heterocycles. The van der Waals surface area contributed by atoms with Crippen molar-refractivity contribution < 1.29 is 32.0 Å². The van der Waals surface area contributed by atoms with E-state index in [0.29, 0.717) is 19.4 Å². The van der Waals surface area contributed by atoms with E-state index < -0.39 is 47.1 Å². The lowest BCUT2D eigenvalue weighted by atomic mass is 9.89. The highest BCUT2D eigenvalue weighted by atomic mass is 19.4. The molecule has 0 unspecified atom stereocenters. The molecule has 12 heteroatoms. The number of urea groups is 1. The summed E-state index contributed by atoms with van der Waals surface area (Å²) in [5, 5.41) is 9.15. The van der Waals surface area contributed by atoms with Crippen LogP contribution in [0.2, 0.25) is 0 Å². The van der Waals surface area contributed by atoms with Gasteiger partial charge in [-0.1, -0.05) is 26.7 Å². The van der Waals surface area contributed by atoms with Gasteiger partial charge in [0.1, 0.15) is 5.82 Å². The highest BCUT2D eigenvalue weighted by Gasteiger charge is 2.48. The minimum Gasteiger partial charge on any atom is -0.301 e. The van der Waals surface area contributed by atoms with E-state index in [-0.39, 0.29) is 23.5 Å². The fraction of sp³-hybridized carbons (Fsp3) is 0.464. The van der Waals surface area contributed by atoms with E-state index in [4.69, 9.17) is 10.1 Å². The van der Waals surface area contributed by atoms with Crippen LogP contribution < -0.4 is 15.3 Å². The number of halogens is 4. The largest absolute Gasteiger partial charge is 0.417 e. The van der Waals surface area contributed by atoms with Gasteiger partial charge in [0.25, 0.3) is 5.91 Å². The number of benzene rings is 2. The van der Waals surface area contributed by atoms with Gasteiger partial charge in [0, 0.05) is 17.9 Å². The molecule has 3 amide bonds. The molecule has 1 aliphatic heterocycles. The maximum absolute atomic E-state index is 15.1. The van der Waals surface area contributed by atoms with Crippen molar-refractivity contribution in [1.29, 1.82) is 5.26 Å². The van der Waals surface area contributed by atoms with Gasteiger partial charge in [-0.05, 0) is 62.3 Å². The monoisotopic (exact) mass is 561 g/mol. The van der Waals surface area contributed by atoms with Crippen LogP contribution in [0.4, 0.5) is 33.7 Å². The Hall–Kier alpha value is -3.69. The Labute approximate surface area is 230 Å². The molecule has 0 radical (unpaired) electrons. The quantitative estimate of drug-likeness (QED) is 0.249. The minimum atomic E-state index is -4.77. The van der Waals surface area contributed by atoms with Crippen LogP contribution in [0.1, 0.15) is 61.0 Å². The third kappa shape index (κ3) is 5.90. The highest BCUT2D eigenvalue weighted by Crippen LogP contribution is 2.42. The number of amides is 3. The zero-order valence-electron chi connectivity index (χ0n) is 22.3. The molecule has 2 fully saturated rings. The van der Waals surface area contributed by atoms with Crippen LogP contribution in [-0.2, 0) is 11.0 Å². The van der Waals surface area contributed by atoms with E-state index >= 15 is 4.39 Å². The molecular weight excluding hydrogens is 530 g/mol. The first-order valence-electron chi connectivity index (χ1n) is 13.3. The fourth-order valence-electron chi connectivity index (χ4n) is 5.44. The van der Waals surface area contributed by atoms with E-state index in [0.717, 1.165) is 44.1 Å². The molecule has 1 heterocycles. The van der Waals surface area contributed by atoms with Gasteiger partial charge in [-0.2, -0.15) is 18.4 Å². The molecule has 40 heavy (non-hydrogen) atoms. The topological polar surface area (TPSA) is 88.9 Å². The van der Waals surface area contributed by atoms with Crippen LogP contribution in [0.25, 0.3) is 0 Å². The van der Waals surface area contributed by atoms with Gasteiger partial charge in [-0.3, -0.25) is 19.4 Å². The van der Waals surface area contributed by atoms with Gasteiger partial charge in [0.2, 0.25) is 0 Å². The molecule has 4 rings (SSSR count). The molecular formula is C28H31F4N5O3. The first kappa shape index (κ1) is 29.3. The van der Waals surface area contributed by atoms with Gasteiger partial charge in [0.05, 0.1) is 41.5 Å². The average molecular weight is 562 g/mol. The van der Waals surface area contributed by atoms with Crippen molar-refractivity contribution in [1.82, 2.24) is 10.4 Å². The number of carbonyl (C=O) groups excluding carboxylic acids is 2. The zero-order valence-corrected chi connectivity index (χ0v) is 22.3. The molecule has 0 aromatic heterocycles. The summed E-state index contributed by atoms with van der Waals surface area (Å²) < 4.78 is 56.0. The SMILES string of the molecule is CCN(CC)CCONC(=O)c1ccc(N2C(=O)N(c3ccc(C#N)c(C(F)(F)F)c3)[C@H]3CCCC[C@@H]32)cc1F. The highest BCUT2D eigenvalue weighted by molar-refractivity contribution is 6.08. The predicted molar refractivity (Wildman–Crippen MR) is 140 cm³/mol. The molecule has 214 valence electrons. The number of likely N-dealkylation sites (N-methyl/N-ethyl adjacent to an activating group) is 1. The summed E-state index contributed by atoms with van der Waals surface area (Å²) in [6, 6.07) is 7.12. The lowest BCUT2D eigenvalue weighted by Crippen LogP contribution is -2.40. The van der Waals surface area contributed by atoms with E-state index in [1.54, 1.807) is 6.07 Å². The van der Waals surface area contributed by atoms with Gasteiger partial charge < -0.3 is 4.90 Å². The maximum Gasteiger partial charge on any atom is 0.417 e. The summed E-state index contributed by atoms with van der Waals surface area (Å²) in [6.07, 6.45) is -2.05. The number of fused-ring (bicyclic) bond motifs is 1. The summed E-state index contributed by atoms with van der Waals surface area (Å²) in [5.41, 5.74) is 0.535. The molecule has 8 nitrogen and oxygen atoms in total. The molecule has 1 aliphatic carbocycles. The van der Waals surface area contributed by atoms with Gasteiger partial charge in [0.15, 0.2) is 0 Å². The van der Waals surface area contributed by atoms with Crippen molar-refractivity contribution in [3.63, 3.8) is 0 Å². The second kappa shape index (κ2) is 12.2. The molecule has 1 N–H and O–H groups in total. The Bertz CT molecular complexity index is 1290.